The molecule has 1 amide bonds. The van der Waals surface area contributed by atoms with Gasteiger partial charge in [-0.2, -0.15) is 0 Å². The van der Waals surface area contributed by atoms with E-state index in [0.717, 1.165) is 0 Å². The first kappa shape index (κ1) is 15.4. The van der Waals surface area contributed by atoms with Crippen LogP contribution in [0.5, 0.6) is 17.4 Å². The monoisotopic (exact) mass is 326 g/mol. The second-order valence-electron chi connectivity index (χ2n) is 4.18. The summed E-state index contributed by atoms with van der Waals surface area (Å²) >= 11 is 11.7. The third-order valence-electron chi connectivity index (χ3n) is 2.53. The molecule has 0 saturated heterocycles. The molecule has 0 aliphatic rings. The standard InChI is InChI=1S/C14H12Cl2N2O3/c1-8(13(17)19)20-10-2-4-11(5-3-10)21-14-12(16)6-9(15)7-18-14/h2-8H,1H3,(H2,17,19). The molecule has 21 heavy (non-hydrogen) atoms. The number of halogens is 2. The van der Waals surface area contributed by atoms with Crippen LogP contribution in [-0.2, 0) is 4.79 Å². The number of rotatable bonds is 5. The van der Waals surface area contributed by atoms with Crippen molar-refractivity contribution in [3.8, 4) is 17.4 Å². The number of amides is 1. The smallest absolute Gasteiger partial charge is 0.258 e. The molecule has 1 aromatic heterocycles. The Labute approximate surface area is 131 Å². The molecule has 0 aliphatic carbocycles. The fourth-order valence-electron chi connectivity index (χ4n) is 1.44. The lowest BCUT2D eigenvalue weighted by atomic mass is 10.3. The number of carbonyl (C=O) groups is 1. The second kappa shape index (κ2) is 6.65. The van der Waals surface area contributed by atoms with Gasteiger partial charge in [-0.05, 0) is 37.3 Å². The Balaban J connectivity index is 2.07. The fourth-order valence-corrected chi connectivity index (χ4v) is 1.86. The fraction of sp³-hybridized carbons (Fsp3) is 0.143. The lowest BCUT2D eigenvalue weighted by Gasteiger charge is -2.12. The van der Waals surface area contributed by atoms with E-state index in [9.17, 15) is 4.79 Å². The van der Waals surface area contributed by atoms with Crippen molar-refractivity contribution in [2.45, 2.75) is 13.0 Å². The summed E-state index contributed by atoms with van der Waals surface area (Å²) in [4.78, 5) is 14.9. The SMILES string of the molecule is CC(Oc1ccc(Oc2ncc(Cl)cc2Cl)cc1)C(N)=O. The van der Waals surface area contributed by atoms with Gasteiger partial charge in [-0.3, -0.25) is 4.79 Å². The van der Waals surface area contributed by atoms with Gasteiger partial charge in [0.25, 0.3) is 5.91 Å². The Morgan fingerprint density at radius 3 is 2.43 bits per heavy atom. The minimum absolute atomic E-state index is 0.250. The summed E-state index contributed by atoms with van der Waals surface area (Å²) in [5.41, 5.74) is 5.12. The number of pyridine rings is 1. The minimum Gasteiger partial charge on any atom is -0.481 e. The summed E-state index contributed by atoms with van der Waals surface area (Å²) in [6.45, 7) is 1.57. The van der Waals surface area contributed by atoms with E-state index in [0.29, 0.717) is 21.5 Å². The molecule has 2 N–H and O–H groups in total. The van der Waals surface area contributed by atoms with Crippen LogP contribution in [0.15, 0.2) is 36.5 Å². The van der Waals surface area contributed by atoms with Crippen molar-refractivity contribution in [3.63, 3.8) is 0 Å². The highest BCUT2D eigenvalue weighted by Crippen LogP contribution is 2.29. The molecule has 1 heterocycles. The average molecular weight is 327 g/mol. The number of hydrogen-bond donors (Lipinski definition) is 1. The van der Waals surface area contributed by atoms with Gasteiger partial charge in [0.1, 0.15) is 16.5 Å². The zero-order chi connectivity index (χ0) is 15.4. The Bertz CT molecular complexity index is 647. The molecule has 1 atom stereocenters. The van der Waals surface area contributed by atoms with Crippen molar-refractivity contribution in [1.82, 2.24) is 4.98 Å². The maximum absolute atomic E-state index is 10.9. The molecular weight excluding hydrogens is 315 g/mol. The van der Waals surface area contributed by atoms with Crippen LogP contribution in [0.25, 0.3) is 0 Å². The topological polar surface area (TPSA) is 74.4 Å². The van der Waals surface area contributed by atoms with Crippen molar-refractivity contribution in [3.05, 3.63) is 46.6 Å². The summed E-state index contributed by atoms with van der Waals surface area (Å²) < 4.78 is 10.9. The van der Waals surface area contributed by atoms with Crippen molar-refractivity contribution in [1.29, 1.82) is 0 Å². The maximum atomic E-state index is 10.9. The zero-order valence-corrected chi connectivity index (χ0v) is 12.6. The molecule has 110 valence electrons. The highest BCUT2D eigenvalue weighted by Gasteiger charge is 2.10. The van der Waals surface area contributed by atoms with E-state index in [1.165, 1.54) is 12.3 Å². The van der Waals surface area contributed by atoms with Crippen LogP contribution in [-0.4, -0.2) is 17.0 Å². The molecular formula is C14H12Cl2N2O3. The van der Waals surface area contributed by atoms with E-state index in [2.05, 4.69) is 4.98 Å². The first-order valence-corrected chi connectivity index (χ1v) is 6.76. The van der Waals surface area contributed by atoms with Crippen molar-refractivity contribution >= 4 is 29.1 Å². The summed E-state index contributed by atoms with van der Waals surface area (Å²) in [5.74, 6) is 0.738. The Hall–Kier alpha value is -1.98. The van der Waals surface area contributed by atoms with Gasteiger partial charge in [-0.25, -0.2) is 4.98 Å². The van der Waals surface area contributed by atoms with Crippen LogP contribution in [0, 0.1) is 0 Å². The lowest BCUT2D eigenvalue weighted by molar-refractivity contribution is -0.123. The van der Waals surface area contributed by atoms with Gasteiger partial charge in [0.2, 0.25) is 5.88 Å². The van der Waals surface area contributed by atoms with Crippen LogP contribution in [0.4, 0.5) is 0 Å². The Kier molecular flexibility index (Phi) is 4.88. The van der Waals surface area contributed by atoms with Crippen molar-refractivity contribution in [2.75, 3.05) is 0 Å². The number of carbonyl (C=O) groups excluding carboxylic acids is 1. The molecule has 0 bridgehead atoms. The van der Waals surface area contributed by atoms with Gasteiger partial charge in [0.05, 0.1) is 5.02 Å². The van der Waals surface area contributed by atoms with Gasteiger partial charge in [-0.1, -0.05) is 23.2 Å². The number of hydrogen-bond acceptors (Lipinski definition) is 4. The van der Waals surface area contributed by atoms with E-state index < -0.39 is 12.0 Å². The normalized spacial score (nSPS) is 11.8. The number of primary amides is 1. The third kappa shape index (κ3) is 4.24. The van der Waals surface area contributed by atoms with Gasteiger partial charge in [0, 0.05) is 6.20 Å². The molecule has 0 spiro atoms. The predicted octanol–water partition coefficient (Wildman–Crippen LogP) is 3.43. The molecule has 0 aliphatic heterocycles. The molecule has 2 rings (SSSR count). The summed E-state index contributed by atoms with van der Waals surface area (Å²) in [7, 11) is 0. The molecule has 0 fully saturated rings. The number of benzene rings is 1. The highest BCUT2D eigenvalue weighted by atomic mass is 35.5. The summed E-state index contributed by atoms with van der Waals surface area (Å²) in [5, 5.41) is 0.738. The molecule has 7 heteroatoms. The maximum Gasteiger partial charge on any atom is 0.258 e. The number of nitrogens with two attached hydrogens (primary N) is 1. The molecule has 1 unspecified atom stereocenters. The molecule has 5 nitrogen and oxygen atoms in total. The van der Waals surface area contributed by atoms with Crippen LogP contribution in [0.1, 0.15) is 6.92 Å². The largest absolute Gasteiger partial charge is 0.481 e. The first-order chi connectivity index (χ1) is 9.95. The molecule has 0 saturated carbocycles. The Morgan fingerprint density at radius 2 is 1.86 bits per heavy atom. The minimum atomic E-state index is -0.704. The van der Waals surface area contributed by atoms with Crippen molar-refractivity contribution in [2.24, 2.45) is 5.73 Å². The second-order valence-corrected chi connectivity index (χ2v) is 5.02. The van der Waals surface area contributed by atoms with Gasteiger partial charge >= 0.3 is 0 Å². The first-order valence-electron chi connectivity index (χ1n) is 6.00. The summed E-state index contributed by atoms with van der Waals surface area (Å²) in [6.07, 6.45) is 0.735. The van der Waals surface area contributed by atoms with E-state index in [4.69, 9.17) is 38.4 Å². The average Bonchev–Trinajstić information content (AvgIpc) is 2.43. The van der Waals surface area contributed by atoms with E-state index in [1.54, 1.807) is 31.2 Å². The van der Waals surface area contributed by atoms with Crippen LogP contribution in [0.2, 0.25) is 10.0 Å². The Morgan fingerprint density at radius 1 is 1.24 bits per heavy atom. The quantitative estimate of drug-likeness (QED) is 0.913. The predicted molar refractivity (Wildman–Crippen MR) is 80.1 cm³/mol. The van der Waals surface area contributed by atoms with Crippen LogP contribution < -0.4 is 15.2 Å². The van der Waals surface area contributed by atoms with Gasteiger partial charge in [-0.15, -0.1) is 0 Å². The van der Waals surface area contributed by atoms with E-state index in [1.807, 2.05) is 0 Å². The highest BCUT2D eigenvalue weighted by molar-refractivity contribution is 6.35. The number of nitrogens with zero attached hydrogens (tertiary/aromatic N) is 1. The van der Waals surface area contributed by atoms with E-state index in [-0.39, 0.29) is 5.88 Å². The van der Waals surface area contributed by atoms with Gasteiger partial charge in [0.15, 0.2) is 6.10 Å². The van der Waals surface area contributed by atoms with Crippen LogP contribution >= 0.6 is 23.2 Å². The number of aromatic nitrogens is 1. The van der Waals surface area contributed by atoms with Crippen molar-refractivity contribution < 1.29 is 14.3 Å². The molecule has 0 radical (unpaired) electrons. The lowest BCUT2D eigenvalue weighted by Crippen LogP contribution is -2.30. The molecule has 1 aromatic carbocycles. The van der Waals surface area contributed by atoms with Gasteiger partial charge < -0.3 is 15.2 Å². The number of ether oxygens (including phenoxy) is 2. The molecule has 2 aromatic rings. The van der Waals surface area contributed by atoms with Crippen LogP contribution in [0.3, 0.4) is 0 Å². The summed E-state index contributed by atoms with van der Waals surface area (Å²) in [6, 6.07) is 8.17. The zero-order valence-electron chi connectivity index (χ0n) is 11.0. The third-order valence-corrected chi connectivity index (χ3v) is 3.00. The van der Waals surface area contributed by atoms with E-state index >= 15 is 0 Å².